The maximum absolute atomic E-state index is 12.0. The van der Waals surface area contributed by atoms with Crippen LogP contribution in [0.15, 0.2) is 24.3 Å². The van der Waals surface area contributed by atoms with Gasteiger partial charge in [-0.2, -0.15) is 0 Å². The molecule has 1 fully saturated rings. The summed E-state index contributed by atoms with van der Waals surface area (Å²) in [4.78, 5) is 14.0. The van der Waals surface area contributed by atoms with Crippen LogP contribution in [0.1, 0.15) is 12.8 Å². The Morgan fingerprint density at radius 1 is 1.36 bits per heavy atom. The van der Waals surface area contributed by atoms with Gasteiger partial charge in [-0.25, -0.2) is 0 Å². The molecule has 1 amide bonds. The molecule has 0 radical (unpaired) electrons. The van der Waals surface area contributed by atoms with Crippen molar-refractivity contribution in [3.8, 4) is 11.5 Å². The first kappa shape index (κ1) is 15.1. The lowest BCUT2D eigenvalue weighted by Crippen LogP contribution is -2.45. The molecule has 3 rings (SSSR count). The molecule has 2 atom stereocenters. The summed E-state index contributed by atoms with van der Waals surface area (Å²) in [5.41, 5.74) is 0. The minimum absolute atomic E-state index is 0.0391. The first-order chi connectivity index (χ1) is 10.8. The first-order valence-electron chi connectivity index (χ1n) is 7.76. The lowest BCUT2D eigenvalue weighted by Gasteiger charge is -2.27. The summed E-state index contributed by atoms with van der Waals surface area (Å²) in [6.45, 7) is 2.17. The molecule has 0 bridgehead atoms. The maximum Gasteiger partial charge on any atom is 0.234 e. The lowest BCUT2D eigenvalue weighted by molar-refractivity contribution is -0.123. The van der Waals surface area contributed by atoms with Crippen molar-refractivity contribution < 1.29 is 19.4 Å². The Kier molecular flexibility index (Phi) is 4.80. The lowest BCUT2D eigenvalue weighted by atomic mass is 10.2. The SMILES string of the molecule is O=C(CN1CCCC1CO)NCC1COc2ccccc2O1. The Labute approximate surface area is 130 Å². The number of aliphatic hydroxyl groups excluding tert-OH is 1. The van der Waals surface area contributed by atoms with Crippen LogP contribution >= 0.6 is 0 Å². The number of nitrogens with zero attached hydrogens (tertiary/aromatic N) is 1. The van der Waals surface area contributed by atoms with Crippen LogP contribution in [-0.2, 0) is 4.79 Å². The highest BCUT2D eigenvalue weighted by atomic mass is 16.6. The Balaban J connectivity index is 1.44. The average Bonchev–Trinajstić information content (AvgIpc) is 3.00. The van der Waals surface area contributed by atoms with Gasteiger partial charge in [-0.1, -0.05) is 12.1 Å². The number of rotatable bonds is 5. The van der Waals surface area contributed by atoms with E-state index in [2.05, 4.69) is 5.32 Å². The normalized spacial score (nSPS) is 24.2. The number of aliphatic hydroxyl groups is 1. The van der Waals surface area contributed by atoms with Crippen molar-refractivity contribution in [3.63, 3.8) is 0 Å². The minimum atomic E-state index is -0.175. The molecule has 1 saturated heterocycles. The molecule has 2 N–H and O–H groups in total. The summed E-state index contributed by atoms with van der Waals surface area (Å²) in [6.07, 6.45) is 1.82. The van der Waals surface area contributed by atoms with Crippen molar-refractivity contribution in [1.29, 1.82) is 0 Å². The number of carbonyl (C=O) groups is 1. The molecular weight excluding hydrogens is 284 g/mol. The highest BCUT2D eigenvalue weighted by Gasteiger charge is 2.26. The second kappa shape index (κ2) is 6.98. The van der Waals surface area contributed by atoms with Gasteiger partial charge in [0.1, 0.15) is 12.7 Å². The van der Waals surface area contributed by atoms with Gasteiger partial charge in [0.2, 0.25) is 5.91 Å². The zero-order chi connectivity index (χ0) is 15.4. The van der Waals surface area contributed by atoms with Crippen molar-refractivity contribution in [2.75, 3.05) is 32.8 Å². The summed E-state index contributed by atoms with van der Waals surface area (Å²) in [5.74, 6) is 1.42. The topological polar surface area (TPSA) is 71.0 Å². The number of benzene rings is 1. The highest BCUT2D eigenvalue weighted by molar-refractivity contribution is 5.78. The molecule has 2 aliphatic heterocycles. The standard InChI is InChI=1S/C16H22N2O4/c19-10-12-4-3-7-18(12)9-16(20)17-8-13-11-21-14-5-1-2-6-15(14)22-13/h1-2,5-6,12-13,19H,3-4,7-11H2,(H,17,20). The molecular formula is C16H22N2O4. The van der Waals surface area contributed by atoms with Crippen LogP contribution in [0.25, 0.3) is 0 Å². The summed E-state index contributed by atoms with van der Waals surface area (Å²) in [5, 5.41) is 12.2. The van der Waals surface area contributed by atoms with Gasteiger partial charge in [0.05, 0.1) is 19.7 Å². The molecule has 0 aromatic heterocycles. The molecule has 6 nitrogen and oxygen atoms in total. The summed E-state index contributed by atoms with van der Waals surface area (Å²) < 4.78 is 11.4. The predicted octanol–water partition coefficient (Wildman–Crippen LogP) is 0.399. The molecule has 2 unspecified atom stereocenters. The quantitative estimate of drug-likeness (QED) is 0.824. The molecule has 0 aliphatic carbocycles. The molecule has 2 aliphatic rings. The molecule has 120 valence electrons. The summed E-state index contributed by atoms with van der Waals surface area (Å²) in [6, 6.07) is 7.64. The number of para-hydroxylation sites is 2. The molecule has 6 heteroatoms. The number of carbonyl (C=O) groups excluding carboxylic acids is 1. The van der Waals surface area contributed by atoms with Gasteiger partial charge in [0, 0.05) is 6.04 Å². The zero-order valence-corrected chi connectivity index (χ0v) is 12.5. The van der Waals surface area contributed by atoms with E-state index in [0.29, 0.717) is 25.4 Å². The molecule has 0 spiro atoms. The third-order valence-electron chi connectivity index (χ3n) is 4.15. The fraction of sp³-hybridized carbons (Fsp3) is 0.562. The minimum Gasteiger partial charge on any atom is -0.486 e. The third-order valence-corrected chi connectivity index (χ3v) is 4.15. The number of hydrogen-bond donors (Lipinski definition) is 2. The van der Waals surface area contributed by atoms with Crippen LogP contribution in [0, 0.1) is 0 Å². The maximum atomic E-state index is 12.0. The van der Waals surface area contributed by atoms with Gasteiger partial charge in [0.25, 0.3) is 0 Å². The number of fused-ring (bicyclic) bond motifs is 1. The van der Waals surface area contributed by atoms with E-state index >= 15 is 0 Å². The van der Waals surface area contributed by atoms with E-state index < -0.39 is 0 Å². The Hall–Kier alpha value is -1.79. The van der Waals surface area contributed by atoms with E-state index in [4.69, 9.17) is 9.47 Å². The van der Waals surface area contributed by atoms with Crippen molar-refractivity contribution >= 4 is 5.91 Å². The molecule has 1 aromatic carbocycles. The van der Waals surface area contributed by atoms with E-state index in [1.807, 2.05) is 29.2 Å². The van der Waals surface area contributed by atoms with E-state index in [-0.39, 0.29) is 24.7 Å². The van der Waals surface area contributed by atoms with Gasteiger partial charge in [-0.05, 0) is 31.5 Å². The van der Waals surface area contributed by atoms with Crippen molar-refractivity contribution in [3.05, 3.63) is 24.3 Å². The second-order valence-corrected chi connectivity index (χ2v) is 5.75. The molecule has 22 heavy (non-hydrogen) atoms. The predicted molar refractivity (Wildman–Crippen MR) is 81.0 cm³/mol. The number of hydrogen-bond acceptors (Lipinski definition) is 5. The fourth-order valence-corrected chi connectivity index (χ4v) is 2.94. The summed E-state index contributed by atoms with van der Waals surface area (Å²) in [7, 11) is 0. The van der Waals surface area contributed by atoms with E-state index in [9.17, 15) is 9.90 Å². The van der Waals surface area contributed by atoms with Crippen molar-refractivity contribution in [1.82, 2.24) is 10.2 Å². The average molecular weight is 306 g/mol. The van der Waals surface area contributed by atoms with E-state index in [0.717, 1.165) is 25.1 Å². The van der Waals surface area contributed by atoms with Crippen LogP contribution in [0.5, 0.6) is 11.5 Å². The van der Waals surface area contributed by atoms with Gasteiger partial charge in [0.15, 0.2) is 11.5 Å². The van der Waals surface area contributed by atoms with Crippen LogP contribution < -0.4 is 14.8 Å². The van der Waals surface area contributed by atoms with Crippen molar-refractivity contribution in [2.45, 2.75) is 25.0 Å². The zero-order valence-electron chi connectivity index (χ0n) is 12.5. The van der Waals surface area contributed by atoms with Gasteiger partial charge < -0.3 is 19.9 Å². The van der Waals surface area contributed by atoms with Gasteiger partial charge in [-0.3, -0.25) is 9.69 Å². The van der Waals surface area contributed by atoms with Gasteiger partial charge in [-0.15, -0.1) is 0 Å². The van der Waals surface area contributed by atoms with Gasteiger partial charge >= 0.3 is 0 Å². The number of ether oxygens (including phenoxy) is 2. The molecule has 2 heterocycles. The number of amides is 1. The highest BCUT2D eigenvalue weighted by Crippen LogP contribution is 2.30. The molecule has 1 aromatic rings. The van der Waals surface area contributed by atoms with Crippen molar-refractivity contribution in [2.24, 2.45) is 0 Å². The monoisotopic (exact) mass is 306 g/mol. The van der Waals surface area contributed by atoms with Crippen LogP contribution in [-0.4, -0.2) is 60.9 Å². The van der Waals surface area contributed by atoms with Crippen LogP contribution in [0.4, 0.5) is 0 Å². The second-order valence-electron chi connectivity index (χ2n) is 5.75. The third kappa shape index (κ3) is 3.51. The molecule has 0 saturated carbocycles. The Morgan fingerprint density at radius 2 is 2.18 bits per heavy atom. The van der Waals surface area contributed by atoms with E-state index in [1.54, 1.807) is 0 Å². The smallest absolute Gasteiger partial charge is 0.234 e. The first-order valence-corrected chi connectivity index (χ1v) is 7.76. The van der Waals surface area contributed by atoms with E-state index in [1.165, 1.54) is 0 Å². The van der Waals surface area contributed by atoms with Crippen LogP contribution in [0.3, 0.4) is 0 Å². The Bertz CT molecular complexity index is 523. The fourth-order valence-electron chi connectivity index (χ4n) is 2.94. The Morgan fingerprint density at radius 3 is 3.00 bits per heavy atom. The summed E-state index contributed by atoms with van der Waals surface area (Å²) >= 11 is 0. The van der Waals surface area contributed by atoms with Crippen LogP contribution in [0.2, 0.25) is 0 Å². The number of nitrogens with one attached hydrogen (secondary N) is 1. The number of likely N-dealkylation sites (tertiary alicyclic amines) is 1. The largest absolute Gasteiger partial charge is 0.486 e.